The van der Waals surface area contributed by atoms with E-state index >= 15 is 0 Å². The fourth-order valence-corrected chi connectivity index (χ4v) is 2.57. The van der Waals surface area contributed by atoms with Crippen molar-refractivity contribution in [3.63, 3.8) is 0 Å². The summed E-state index contributed by atoms with van der Waals surface area (Å²) in [5.74, 6) is 0.604. The van der Waals surface area contributed by atoms with E-state index in [9.17, 15) is 4.79 Å². The first-order valence-electron chi connectivity index (χ1n) is 5.65. The lowest BCUT2D eigenvalue weighted by Gasteiger charge is -2.18. The maximum Gasteiger partial charge on any atom is 0.281 e. The van der Waals surface area contributed by atoms with Gasteiger partial charge in [-0.25, -0.2) is 5.43 Å². The van der Waals surface area contributed by atoms with Gasteiger partial charge in [0.25, 0.3) is 5.91 Å². The van der Waals surface area contributed by atoms with E-state index in [4.69, 9.17) is 0 Å². The molecule has 0 radical (unpaired) electrons. The molecule has 4 heteroatoms. The van der Waals surface area contributed by atoms with Crippen molar-refractivity contribution in [1.29, 1.82) is 0 Å². The summed E-state index contributed by atoms with van der Waals surface area (Å²) in [4.78, 5) is 12.3. The van der Waals surface area contributed by atoms with Gasteiger partial charge < -0.3 is 0 Å². The molecule has 3 nitrogen and oxygen atoms in total. The van der Waals surface area contributed by atoms with Crippen molar-refractivity contribution >= 4 is 23.0 Å². The van der Waals surface area contributed by atoms with E-state index < -0.39 is 0 Å². The Morgan fingerprint density at radius 1 is 1.62 bits per heavy atom. The molecular formula is C12H16N2OS. The van der Waals surface area contributed by atoms with Crippen molar-refractivity contribution in [1.82, 2.24) is 5.43 Å². The number of amides is 1. The van der Waals surface area contributed by atoms with Gasteiger partial charge in [-0.2, -0.15) is 5.10 Å². The molecule has 0 saturated heterocycles. The van der Waals surface area contributed by atoms with Gasteiger partial charge in [0.05, 0.1) is 4.88 Å². The van der Waals surface area contributed by atoms with Crippen LogP contribution in [0.2, 0.25) is 0 Å². The van der Waals surface area contributed by atoms with Crippen LogP contribution < -0.4 is 5.43 Å². The van der Waals surface area contributed by atoms with Gasteiger partial charge in [0.2, 0.25) is 0 Å². The van der Waals surface area contributed by atoms with Crippen LogP contribution in [0.3, 0.4) is 0 Å². The summed E-state index contributed by atoms with van der Waals surface area (Å²) >= 11 is 1.44. The highest BCUT2D eigenvalue weighted by atomic mass is 32.1. The Hall–Kier alpha value is -1.16. The fraction of sp³-hybridized carbons (Fsp3) is 0.500. The average Bonchev–Trinajstić information content (AvgIpc) is 2.79. The summed E-state index contributed by atoms with van der Waals surface area (Å²) in [7, 11) is 0. The highest BCUT2D eigenvalue weighted by molar-refractivity contribution is 7.12. The number of carbonyl (C=O) groups excluding carboxylic acids is 1. The molecule has 1 aliphatic carbocycles. The zero-order valence-electron chi connectivity index (χ0n) is 9.40. The van der Waals surface area contributed by atoms with E-state index in [-0.39, 0.29) is 5.91 Å². The number of carbonyl (C=O) groups is 1. The van der Waals surface area contributed by atoms with Crippen molar-refractivity contribution < 1.29 is 4.79 Å². The van der Waals surface area contributed by atoms with Crippen molar-refractivity contribution in [2.45, 2.75) is 32.6 Å². The van der Waals surface area contributed by atoms with Gasteiger partial charge in [-0.05, 0) is 43.0 Å². The molecule has 86 valence electrons. The van der Waals surface area contributed by atoms with Crippen molar-refractivity contribution in [2.24, 2.45) is 11.0 Å². The molecule has 0 spiro atoms. The van der Waals surface area contributed by atoms with Gasteiger partial charge in [0.15, 0.2) is 0 Å². The molecule has 1 aromatic heterocycles. The first kappa shape index (κ1) is 11.3. The topological polar surface area (TPSA) is 41.5 Å². The summed E-state index contributed by atoms with van der Waals surface area (Å²) in [6.07, 6.45) is 4.51. The number of hydrogen-bond acceptors (Lipinski definition) is 3. The van der Waals surface area contributed by atoms with Gasteiger partial charge >= 0.3 is 0 Å². The van der Waals surface area contributed by atoms with Gasteiger partial charge in [-0.15, -0.1) is 11.3 Å². The number of thiophene rings is 1. The van der Waals surface area contributed by atoms with Crippen LogP contribution in [0.4, 0.5) is 0 Å². The molecule has 1 aliphatic rings. The molecule has 16 heavy (non-hydrogen) atoms. The molecule has 2 rings (SSSR count). The van der Waals surface area contributed by atoms with E-state index in [0.717, 1.165) is 18.6 Å². The Morgan fingerprint density at radius 3 is 3.19 bits per heavy atom. The van der Waals surface area contributed by atoms with Crippen LogP contribution in [0.25, 0.3) is 0 Å². The molecule has 1 saturated carbocycles. The lowest BCUT2D eigenvalue weighted by atomic mass is 9.89. The molecule has 1 N–H and O–H groups in total. The van der Waals surface area contributed by atoms with Crippen LogP contribution in [0.1, 0.15) is 42.3 Å². The second-order valence-electron chi connectivity index (χ2n) is 4.30. The van der Waals surface area contributed by atoms with Crippen molar-refractivity contribution in [3.8, 4) is 0 Å². The predicted octanol–water partition coefficient (Wildman–Crippen LogP) is 3.04. The Kier molecular flexibility index (Phi) is 3.72. The molecule has 1 amide bonds. The molecule has 1 heterocycles. The van der Waals surface area contributed by atoms with Gasteiger partial charge in [0.1, 0.15) is 0 Å². The molecule has 0 bridgehead atoms. The third-order valence-corrected chi connectivity index (χ3v) is 3.68. The fourth-order valence-electron chi connectivity index (χ4n) is 1.96. The third kappa shape index (κ3) is 2.92. The van der Waals surface area contributed by atoms with Gasteiger partial charge in [-0.3, -0.25) is 4.79 Å². The quantitative estimate of drug-likeness (QED) is 0.788. The summed E-state index contributed by atoms with van der Waals surface area (Å²) < 4.78 is 0. The largest absolute Gasteiger partial charge is 0.281 e. The zero-order valence-corrected chi connectivity index (χ0v) is 10.2. The Balaban J connectivity index is 1.91. The first-order chi connectivity index (χ1) is 7.75. The molecular weight excluding hydrogens is 220 g/mol. The maximum atomic E-state index is 11.6. The second kappa shape index (κ2) is 5.25. The molecule has 0 unspecified atom stereocenters. The van der Waals surface area contributed by atoms with E-state index in [1.807, 2.05) is 17.5 Å². The maximum absolute atomic E-state index is 11.6. The van der Waals surface area contributed by atoms with Crippen LogP contribution in [-0.4, -0.2) is 11.6 Å². The number of rotatable bonds is 2. The van der Waals surface area contributed by atoms with Crippen molar-refractivity contribution in [3.05, 3.63) is 22.4 Å². The molecule has 0 aliphatic heterocycles. The normalized spacial score (nSPS) is 23.3. The smallest absolute Gasteiger partial charge is 0.266 e. The van der Waals surface area contributed by atoms with Crippen LogP contribution in [0, 0.1) is 5.92 Å². The number of nitrogens with one attached hydrogen (secondary N) is 1. The van der Waals surface area contributed by atoms with Crippen LogP contribution in [0.15, 0.2) is 22.6 Å². The SMILES string of the molecule is C[C@H]1CCCC(=NNC(=O)c2cccs2)C1. The minimum absolute atomic E-state index is 0.0965. The zero-order chi connectivity index (χ0) is 11.4. The van der Waals surface area contributed by atoms with Crippen LogP contribution in [-0.2, 0) is 0 Å². The van der Waals surface area contributed by atoms with E-state index in [2.05, 4.69) is 17.5 Å². The molecule has 1 aromatic rings. The monoisotopic (exact) mass is 236 g/mol. The van der Waals surface area contributed by atoms with E-state index in [0.29, 0.717) is 10.8 Å². The van der Waals surface area contributed by atoms with Gasteiger partial charge in [0, 0.05) is 5.71 Å². The number of hydrazone groups is 1. The van der Waals surface area contributed by atoms with Gasteiger partial charge in [-0.1, -0.05) is 13.0 Å². The first-order valence-corrected chi connectivity index (χ1v) is 6.53. The number of nitrogens with zero attached hydrogens (tertiary/aromatic N) is 1. The standard InChI is InChI=1S/C12H16N2OS/c1-9-4-2-5-10(8-9)13-14-12(15)11-6-3-7-16-11/h3,6-7,9H,2,4-5,8H2,1H3,(H,14,15)/t9-/m0/s1. The summed E-state index contributed by atoms with van der Waals surface area (Å²) in [5.41, 5.74) is 3.76. The predicted molar refractivity (Wildman–Crippen MR) is 66.9 cm³/mol. The highest BCUT2D eigenvalue weighted by Gasteiger charge is 2.14. The summed E-state index contributed by atoms with van der Waals surface area (Å²) in [6, 6.07) is 3.68. The lowest BCUT2D eigenvalue weighted by molar-refractivity contribution is 0.0958. The minimum Gasteiger partial charge on any atom is -0.266 e. The second-order valence-corrected chi connectivity index (χ2v) is 5.25. The van der Waals surface area contributed by atoms with Crippen LogP contribution in [0.5, 0.6) is 0 Å². The van der Waals surface area contributed by atoms with Crippen LogP contribution >= 0.6 is 11.3 Å². The summed E-state index contributed by atoms with van der Waals surface area (Å²) in [5, 5.41) is 6.11. The molecule has 0 aromatic carbocycles. The minimum atomic E-state index is -0.0965. The lowest BCUT2D eigenvalue weighted by Crippen LogP contribution is -2.21. The Bertz CT molecular complexity index is 384. The Morgan fingerprint density at radius 2 is 2.50 bits per heavy atom. The molecule has 1 fully saturated rings. The van der Waals surface area contributed by atoms with E-state index in [1.165, 1.54) is 24.2 Å². The summed E-state index contributed by atoms with van der Waals surface area (Å²) in [6.45, 7) is 2.23. The average molecular weight is 236 g/mol. The van der Waals surface area contributed by atoms with E-state index in [1.54, 1.807) is 0 Å². The number of hydrogen-bond donors (Lipinski definition) is 1. The molecule has 1 atom stereocenters. The Labute approximate surface area is 99.6 Å². The third-order valence-electron chi connectivity index (χ3n) is 2.81. The van der Waals surface area contributed by atoms with Crippen molar-refractivity contribution in [2.75, 3.05) is 0 Å². The highest BCUT2D eigenvalue weighted by Crippen LogP contribution is 2.21.